The van der Waals surface area contributed by atoms with Gasteiger partial charge in [-0.1, -0.05) is 12.1 Å². The molecule has 2 N–H and O–H groups in total. The zero-order valence-electron chi connectivity index (χ0n) is 15.2. The Morgan fingerprint density at radius 3 is 2.60 bits per heavy atom. The van der Waals surface area contributed by atoms with Gasteiger partial charge in [0.2, 0.25) is 0 Å². The number of benzene rings is 1. The summed E-state index contributed by atoms with van der Waals surface area (Å²) in [6.45, 7) is 2.76. The maximum absolute atomic E-state index is 12.3. The summed E-state index contributed by atoms with van der Waals surface area (Å²) in [5.74, 6) is 0.645. The summed E-state index contributed by atoms with van der Waals surface area (Å²) in [6, 6.07) is 6.31. The van der Waals surface area contributed by atoms with Crippen LogP contribution >= 0.6 is 11.8 Å². The van der Waals surface area contributed by atoms with Crippen LogP contribution < -0.4 is 10.6 Å². The Labute approximate surface area is 152 Å². The highest BCUT2D eigenvalue weighted by molar-refractivity contribution is 7.98. The van der Waals surface area contributed by atoms with E-state index in [9.17, 15) is 13.2 Å². The number of aliphatic imine (C=N–C) groups is 1. The molecular formula is C17H27F3N4S. The average Bonchev–Trinajstić information content (AvgIpc) is 2.53. The molecule has 0 aliphatic carbocycles. The lowest BCUT2D eigenvalue weighted by atomic mass is 10.1. The Balaban J connectivity index is 2.36. The minimum Gasteiger partial charge on any atom is -0.356 e. The highest BCUT2D eigenvalue weighted by Gasteiger charge is 2.28. The Kier molecular flexibility index (Phi) is 9.13. The zero-order valence-corrected chi connectivity index (χ0v) is 16.0. The summed E-state index contributed by atoms with van der Waals surface area (Å²) in [6.07, 6.45) is -1.50. The molecule has 0 saturated carbocycles. The van der Waals surface area contributed by atoms with Gasteiger partial charge in [-0.2, -0.15) is 13.2 Å². The van der Waals surface area contributed by atoms with Gasteiger partial charge in [0.15, 0.2) is 5.96 Å². The first-order chi connectivity index (χ1) is 11.7. The molecule has 0 aromatic heterocycles. The van der Waals surface area contributed by atoms with Crippen LogP contribution in [0.4, 0.5) is 13.2 Å². The first-order valence-corrected chi connectivity index (χ1v) is 9.31. The summed E-state index contributed by atoms with van der Waals surface area (Å²) in [5, 5.41) is 6.37. The lowest BCUT2D eigenvalue weighted by Gasteiger charge is -2.19. The van der Waals surface area contributed by atoms with Crippen molar-refractivity contribution < 1.29 is 13.2 Å². The average molecular weight is 376 g/mol. The second-order valence-corrected chi connectivity index (χ2v) is 6.72. The van der Waals surface area contributed by atoms with Gasteiger partial charge in [0.1, 0.15) is 0 Å². The molecule has 0 radical (unpaired) electrons. The van der Waals surface area contributed by atoms with Crippen molar-refractivity contribution in [3.63, 3.8) is 0 Å². The molecule has 0 saturated heterocycles. The third-order valence-electron chi connectivity index (χ3n) is 3.57. The molecule has 142 valence electrons. The SMILES string of the molecule is CN=C(NCCCN(C)CC(F)(F)F)NCc1ccc(C)cc1SC. The van der Waals surface area contributed by atoms with Crippen molar-refractivity contribution in [2.75, 3.05) is 40.0 Å². The van der Waals surface area contributed by atoms with E-state index in [0.717, 1.165) is 0 Å². The van der Waals surface area contributed by atoms with Crippen molar-refractivity contribution >= 4 is 17.7 Å². The maximum atomic E-state index is 12.3. The third kappa shape index (κ3) is 9.02. The van der Waals surface area contributed by atoms with Gasteiger partial charge in [0, 0.05) is 25.0 Å². The zero-order chi connectivity index (χ0) is 18.9. The van der Waals surface area contributed by atoms with Crippen molar-refractivity contribution in [1.82, 2.24) is 15.5 Å². The molecule has 0 bridgehead atoms. The number of hydrogen-bond acceptors (Lipinski definition) is 3. The molecule has 0 spiro atoms. The number of nitrogens with one attached hydrogen (secondary N) is 2. The Morgan fingerprint density at radius 2 is 2.00 bits per heavy atom. The summed E-state index contributed by atoms with van der Waals surface area (Å²) in [5.41, 5.74) is 2.41. The second-order valence-electron chi connectivity index (χ2n) is 5.87. The quantitative estimate of drug-likeness (QED) is 0.316. The van der Waals surface area contributed by atoms with E-state index in [0.29, 0.717) is 32.0 Å². The van der Waals surface area contributed by atoms with Gasteiger partial charge in [-0.25, -0.2) is 0 Å². The topological polar surface area (TPSA) is 39.7 Å². The van der Waals surface area contributed by atoms with Crippen LogP contribution in [-0.2, 0) is 6.54 Å². The number of hydrogen-bond donors (Lipinski definition) is 2. The first-order valence-electron chi connectivity index (χ1n) is 8.08. The minimum atomic E-state index is -4.15. The Bertz CT molecular complexity index is 561. The number of thioether (sulfide) groups is 1. The Morgan fingerprint density at radius 1 is 1.28 bits per heavy atom. The number of halogens is 3. The molecule has 0 fully saturated rings. The van der Waals surface area contributed by atoms with E-state index < -0.39 is 12.7 Å². The van der Waals surface area contributed by atoms with E-state index in [4.69, 9.17) is 0 Å². The smallest absolute Gasteiger partial charge is 0.356 e. The van der Waals surface area contributed by atoms with E-state index in [1.165, 1.54) is 28.0 Å². The van der Waals surface area contributed by atoms with E-state index >= 15 is 0 Å². The minimum absolute atomic E-state index is 0.373. The third-order valence-corrected chi connectivity index (χ3v) is 4.39. The van der Waals surface area contributed by atoms with Crippen LogP contribution in [-0.4, -0.2) is 57.0 Å². The summed E-state index contributed by atoms with van der Waals surface area (Å²) < 4.78 is 36.8. The van der Waals surface area contributed by atoms with Crippen LogP contribution in [0.3, 0.4) is 0 Å². The summed E-state index contributed by atoms with van der Waals surface area (Å²) >= 11 is 1.70. The van der Waals surface area contributed by atoms with Gasteiger partial charge < -0.3 is 10.6 Å². The predicted octanol–water partition coefficient (Wildman–Crippen LogP) is 3.27. The molecule has 25 heavy (non-hydrogen) atoms. The van der Waals surface area contributed by atoms with Crippen LogP contribution in [0.1, 0.15) is 17.5 Å². The fraction of sp³-hybridized carbons (Fsp3) is 0.588. The molecule has 0 aliphatic rings. The normalized spacial score (nSPS) is 12.6. The van der Waals surface area contributed by atoms with Crippen LogP contribution in [0.15, 0.2) is 28.1 Å². The highest BCUT2D eigenvalue weighted by Crippen LogP contribution is 2.21. The molecule has 4 nitrogen and oxygen atoms in total. The Hall–Kier alpha value is -1.41. The van der Waals surface area contributed by atoms with Crippen molar-refractivity contribution in [2.45, 2.75) is 31.0 Å². The molecule has 0 unspecified atom stereocenters. The number of alkyl halides is 3. The van der Waals surface area contributed by atoms with E-state index in [1.807, 2.05) is 6.26 Å². The van der Waals surface area contributed by atoms with Crippen LogP contribution in [0.25, 0.3) is 0 Å². The van der Waals surface area contributed by atoms with Crippen molar-refractivity contribution in [3.05, 3.63) is 29.3 Å². The van der Waals surface area contributed by atoms with Crippen LogP contribution in [0.5, 0.6) is 0 Å². The van der Waals surface area contributed by atoms with Crippen LogP contribution in [0.2, 0.25) is 0 Å². The second kappa shape index (κ2) is 10.6. The van der Waals surface area contributed by atoms with Crippen molar-refractivity contribution in [3.8, 4) is 0 Å². The highest BCUT2D eigenvalue weighted by atomic mass is 32.2. The lowest BCUT2D eigenvalue weighted by Crippen LogP contribution is -2.39. The lowest BCUT2D eigenvalue weighted by molar-refractivity contribution is -0.143. The van der Waals surface area contributed by atoms with Gasteiger partial charge in [-0.15, -0.1) is 11.8 Å². The first kappa shape index (κ1) is 21.6. The number of nitrogens with zero attached hydrogens (tertiary/aromatic N) is 2. The maximum Gasteiger partial charge on any atom is 0.401 e. The molecular weight excluding hydrogens is 349 g/mol. The number of guanidine groups is 1. The molecule has 0 amide bonds. The fourth-order valence-electron chi connectivity index (χ4n) is 2.34. The molecule has 0 aliphatic heterocycles. The van der Waals surface area contributed by atoms with Gasteiger partial charge in [0.25, 0.3) is 0 Å². The van der Waals surface area contributed by atoms with Crippen molar-refractivity contribution in [1.29, 1.82) is 0 Å². The van der Waals surface area contributed by atoms with Gasteiger partial charge in [-0.05, 0) is 50.4 Å². The molecule has 0 atom stereocenters. The van der Waals surface area contributed by atoms with Crippen LogP contribution in [0, 0.1) is 6.92 Å². The van der Waals surface area contributed by atoms with Crippen molar-refractivity contribution in [2.24, 2.45) is 4.99 Å². The molecule has 1 aromatic carbocycles. The van der Waals surface area contributed by atoms with Gasteiger partial charge in [0.05, 0.1) is 6.54 Å². The molecule has 1 aromatic rings. The van der Waals surface area contributed by atoms with E-state index in [1.54, 1.807) is 18.8 Å². The number of rotatable bonds is 8. The van der Waals surface area contributed by atoms with E-state index in [-0.39, 0.29) is 0 Å². The summed E-state index contributed by atoms with van der Waals surface area (Å²) in [4.78, 5) is 6.64. The fourth-order valence-corrected chi connectivity index (χ4v) is 3.04. The molecule has 8 heteroatoms. The van der Waals surface area contributed by atoms with Gasteiger partial charge in [-0.3, -0.25) is 9.89 Å². The standard InChI is InChI=1S/C17H27F3N4S/c1-13-6-7-14(15(10-13)25-4)11-23-16(21-2)22-8-5-9-24(3)12-17(18,19)20/h6-7,10H,5,8-9,11-12H2,1-4H3,(H2,21,22,23). The van der Waals surface area contributed by atoms with E-state index in [2.05, 4.69) is 40.7 Å². The number of aryl methyl sites for hydroxylation is 1. The molecule has 1 rings (SSSR count). The summed E-state index contributed by atoms with van der Waals surface area (Å²) in [7, 11) is 3.15. The largest absolute Gasteiger partial charge is 0.401 e. The van der Waals surface area contributed by atoms with Gasteiger partial charge >= 0.3 is 6.18 Å². The molecule has 0 heterocycles. The monoisotopic (exact) mass is 376 g/mol. The predicted molar refractivity (Wildman–Crippen MR) is 99.3 cm³/mol.